The molecule has 6 heteroatoms. The highest BCUT2D eigenvalue weighted by molar-refractivity contribution is 8.00. The zero-order valence-corrected chi connectivity index (χ0v) is 16.1. The van der Waals surface area contributed by atoms with E-state index >= 15 is 0 Å². The number of amides is 1. The van der Waals surface area contributed by atoms with E-state index < -0.39 is 0 Å². The fourth-order valence-corrected chi connectivity index (χ4v) is 4.05. The van der Waals surface area contributed by atoms with Crippen LogP contribution in [-0.2, 0) is 16.1 Å². The Morgan fingerprint density at radius 1 is 1.15 bits per heavy atom. The number of methoxy groups -OCH3 is 1. The predicted molar refractivity (Wildman–Crippen MR) is 105 cm³/mol. The summed E-state index contributed by atoms with van der Waals surface area (Å²) in [5.41, 5.74) is 2.95. The van der Waals surface area contributed by atoms with Gasteiger partial charge in [-0.3, -0.25) is 4.79 Å². The monoisotopic (exact) mass is 369 g/mol. The molecule has 5 nitrogen and oxygen atoms in total. The van der Waals surface area contributed by atoms with Crippen molar-refractivity contribution >= 4 is 28.7 Å². The van der Waals surface area contributed by atoms with Gasteiger partial charge in [0.1, 0.15) is 5.25 Å². The van der Waals surface area contributed by atoms with E-state index in [0.717, 1.165) is 21.8 Å². The quantitative estimate of drug-likeness (QED) is 0.597. The zero-order valence-electron chi connectivity index (χ0n) is 15.3. The largest absolute Gasteiger partial charge is 0.383 e. The van der Waals surface area contributed by atoms with Gasteiger partial charge in [-0.1, -0.05) is 54.2 Å². The number of carbonyl (C=O) groups is 1. The first kappa shape index (κ1) is 18.5. The van der Waals surface area contributed by atoms with E-state index in [1.54, 1.807) is 26.1 Å². The first-order chi connectivity index (χ1) is 12.6. The van der Waals surface area contributed by atoms with Crippen molar-refractivity contribution < 1.29 is 9.53 Å². The Kier molecular flexibility index (Phi) is 5.96. The molecule has 0 bridgehead atoms. The second-order valence-corrected chi connectivity index (χ2v) is 7.24. The van der Waals surface area contributed by atoms with Crippen molar-refractivity contribution in [3.8, 4) is 0 Å². The molecule has 136 valence electrons. The van der Waals surface area contributed by atoms with E-state index in [1.165, 1.54) is 11.8 Å². The normalized spacial score (nSPS) is 12.3. The first-order valence-electron chi connectivity index (χ1n) is 8.48. The van der Waals surface area contributed by atoms with E-state index in [1.807, 2.05) is 54.6 Å². The smallest absolute Gasteiger partial charge is 0.240 e. The zero-order chi connectivity index (χ0) is 18.5. The van der Waals surface area contributed by atoms with Crippen molar-refractivity contribution in [2.24, 2.45) is 0 Å². The van der Waals surface area contributed by atoms with Crippen LogP contribution in [0.15, 0.2) is 59.8 Å². The molecule has 3 aromatic rings. The van der Waals surface area contributed by atoms with Gasteiger partial charge in [0.25, 0.3) is 0 Å². The molecule has 0 N–H and O–H groups in total. The second kappa shape index (κ2) is 8.38. The van der Waals surface area contributed by atoms with Crippen molar-refractivity contribution in [1.29, 1.82) is 0 Å². The Labute approximate surface area is 158 Å². The minimum absolute atomic E-state index is 0.0477. The van der Waals surface area contributed by atoms with Crippen LogP contribution in [0.4, 0.5) is 0 Å². The summed E-state index contributed by atoms with van der Waals surface area (Å²) in [7, 11) is 5.26. The van der Waals surface area contributed by atoms with Gasteiger partial charge in [0.2, 0.25) is 5.91 Å². The molecule has 0 aliphatic rings. The van der Waals surface area contributed by atoms with E-state index in [0.29, 0.717) is 13.2 Å². The SMILES string of the molecule is COCCn1c(SC(C(=O)N(C)C)c2ccccc2)nc2ccccc21. The second-order valence-electron chi connectivity index (χ2n) is 6.17. The molecule has 26 heavy (non-hydrogen) atoms. The van der Waals surface area contributed by atoms with Crippen LogP contribution in [0.25, 0.3) is 11.0 Å². The summed E-state index contributed by atoms with van der Waals surface area (Å²) in [6.07, 6.45) is 0. The maximum atomic E-state index is 12.8. The Morgan fingerprint density at radius 3 is 2.54 bits per heavy atom. The van der Waals surface area contributed by atoms with Crippen LogP contribution >= 0.6 is 11.8 Å². The van der Waals surface area contributed by atoms with Crippen LogP contribution in [0.2, 0.25) is 0 Å². The topological polar surface area (TPSA) is 47.4 Å². The van der Waals surface area contributed by atoms with Crippen LogP contribution in [0.5, 0.6) is 0 Å². The summed E-state index contributed by atoms with van der Waals surface area (Å²) < 4.78 is 7.39. The molecule has 2 aromatic carbocycles. The molecule has 0 saturated heterocycles. The molecule has 1 unspecified atom stereocenters. The lowest BCUT2D eigenvalue weighted by molar-refractivity contribution is -0.128. The van der Waals surface area contributed by atoms with E-state index in [-0.39, 0.29) is 11.2 Å². The molecule has 1 amide bonds. The molecule has 3 rings (SSSR count). The summed E-state index contributed by atoms with van der Waals surface area (Å²) in [5, 5.41) is 0.483. The third-order valence-corrected chi connectivity index (χ3v) is 5.36. The molecule has 0 radical (unpaired) electrons. The van der Waals surface area contributed by atoms with Gasteiger partial charge < -0.3 is 14.2 Å². The van der Waals surface area contributed by atoms with Gasteiger partial charge in [-0.2, -0.15) is 0 Å². The molecular weight excluding hydrogens is 346 g/mol. The molecule has 0 fully saturated rings. The molecule has 1 atom stereocenters. The van der Waals surface area contributed by atoms with Gasteiger partial charge in [0.15, 0.2) is 5.16 Å². The summed E-state index contributed by atoms with van der Waals surface area (Å²) >= 11 is 1.49. The highest BCUT2D eigenvalue weighted by atomic mass is 32.2. The van der Waals surface area contributed by atoms with Crippen molar-refractivity contribution in [3.63, 3.8) is 0 Å². The van der Waals surface area contributed by atoms with Crippen molar-refractivity contribution in [1.82, 2.24) is 14.5 Å². The fraction of sp³-hybridized carbons (Fsp3) is 0.300. The van der Waals surface area contributed by atoms with Gasteiger partial charge in [-0.15, -0.1) is 0 Å². The number of imidazole rings is 1. The fourth-order valence-electron chi connectivity index (χ4n) is 2.77. The number of likely N-dealkylation sites (N-methyl/N-ethyl adjacent to an activating group) is 1. The number of benzene rings is 2. The van der Waals surface area contributed by atoms with Crippen LogP contribution in [-0.4, -0.2) is 48.2 Å². The molecule has 0 spiro atoms. The van der Waals surface area contributed by atoms with Crippen LogP contribution in [0.1, 0.15) is 10.8 Å². The summed E-state index contributed by atoms with van der Waals surface area (Å²) in [6, 6.07) is 17.9. The molecule has 0 saturated carbocycles. The number of hydrogen-bond acceptors (Lipinski definition) is 4. The van der Waals surface area contributed by atoms with Crippen LogP contribution < -0.4 is 0 Å². The number of ether oxygens (including phenoxy) is 1. The van der Waals surface area contributed by atoms with Gasteiger partial charge in [0.05, 0.1) is 17.6 Å². The minimum atomic E-state index is -0.343. The van der Waals surface area contributed by atoms with Gasteiger partial charge in [-0.05, 0) is 17.7 Å². The average molecular weight is 369 g/mol. The molecule has 0 aliphatic heterocycles. The highest BCUT2D eigenvalue weighted by Gasteiger charge is 2.26. The Morgan fingerprint density at radius 2 is 1.85 bits per heavy atom. The number of aromatic nitrogens is 2. The van der Waals surface area contributed by atoms with E-state index in [2.05, 4.69) is 4.57 Å². The predicted octanol–water partition coefficient (Wildman–Crippen LogP) is 3.60. The lowest BCUT2D eigenvalue weighted by Gasteiger charge is -2.20. The van der Waals surface area contributed by atoms with Crippen molar-refractivity contribution in [2.75, 3.05) is 27.8 Å². The lowest BCUT2D eigenvalue weighted by atomic mass is 10.1. The standard InChI is InChI=1S/C20H23N3O2S/c1-22(2)19(24)18(15-9-5-4-6-10-15)26-20-21-16-11-7-8-12-17(16)23(20)13-14-25-3/h4-12,18H,13-14H2,1-3H3. The number of thioether (sulfide) groups is 1. The third kappa shape index (κ3) is 3.92. The Balaban J connectivity index is 2.02. The number of nitrogens with zero attached hydrogens (tertiary/aromatic N) is 3. The first-order valence-corrected chi connectivity index (χ1v) is 9.36. The maximum absolute atomic E-state index is 12.8. The number of rotatable bonds is 7. The van der Waals surface area contributed by atoms with Gasteiger partial charge in [-0.25, -0.2) is 4.98 Å². The Hall–Kier alpha value is -2.31. The van der Waals surface area contributed by atoms with E-state index in [9.17, 15) is 4.79 Å². The van der Waals surface area contributed by atoms with Gasteiger partial charge >= 0.3 is 0 Å². The molecule has 0 aliphatic carbocycles. The minimum Gasteiger partial charge on any atom is -0.383 e. The van der Waals surface area contributed by atoms with Crippen molar-refractivity contribution in [3.05, 3.63) is 60.2 Å². The summed E-state index contributed by atoms with van der Waals surface area (Å²) in [6.45, 7) is 1.28. The van der Waals surface area contributed by atoms with Crippen molar-refractivity contribution in [2.45, 2.75) is 17.0 Å². The van der Waals surface area contributed by atoms with E-state index in [4.69, 9.17) is 9.72 Å². The number of fused-ring (bicyclic) bond motifs is 1. The summed E-state index contributed by atoms with van der Waals surface area (Å²) in [4.78, 5) is 19.2. The number of para-hydroxylation sites is 2. The van der Waals surface area contributed by atoms with Crippen LogP contribution in [0, 0.1) is 0 Å². The average Bonchev–Trinajstić information content (AvgIpc) is 3.01. The lowest BCUT2D eigenvalue weighted by Crippen LogP contribution is -2.27. The van der Waals surface area contributed by atoms with Crippen LogP contribution in [0.3, 0.4) is 0 Å². The Bertz CT molecular complexity index is 877. The number of carbonyl (C=O) groups excluding carboxylic acids is 1. The van der Waals surface area contributed by atoms with Gasteiger partial charge in [0, 0.05) is 27.7 Å². The maximum Gasteiger partial charge on any atom is 0.240 e. The highest BCUT2D eigenvalue weighted by Crippen LogP contribution is 2.37. The summed E-state index contributed by atoms with van der Waals surface area (Å²) in [5.74, 6) is 0.0477. The number of hydrogen-bond donors (Lipinski definition) is 0. The molecule has 1 heterocycles. The molecule has 1 aromatic heterocycles. The molecular formula is C20H23N3O2S. The third-order valence-electron chi connectivity index (χ3n) is 4.13.